The number of ether oxygens (including phenoxy) is 1. The minimum atomic E-state index is -0.172. The Balaban J connectivity index is 2.09. The molecule has 1 saturated heterocycles. The van der Waals surface area contributed by atoms with E-state index < -0.39 is 0 Å². The van der Waals surface area contributed by atoms with Gasteiger partial charge in [0, 0.05) is 26.2 Å². The van der Waals surface area contributed by atoms with E-state index >= 15 is 0 Å². The Labute approximate surface area is 121 Å². The lowest BCUT2D eigenvalue weighted by Crippen LogP contribution is -2.45. The largest absolute Gasteiger partial charge is 0.494 e. The van der Waals surface area contributed by atoms with E-state index in [0.29, 0.717) is 0 Å². The summed E-state index contributed by atoms with van der Waals surface area (Å²) in [5.74, 6) is 0.860. The molecule has 1 fully saturated rings. The fourth-order valence-corrected chi connectivity index (χ4v) is 2.44. The molecule has 1 aliphatic rings. The van der Waals surface area contributed by atoms with Crippen molar-refractivity contribution >= 4 is 0 Å². The molecule has 108 valence electrons. The molecule has 4 heteroatoms. The molecule has 1 aromatic rings. The van der Waals surface area contributed by atoms with Gasteiger partial charge in [0.2, 0.25) is 0 Å². The van der Waals surface area contributed by atoms with E-state index in [-0.39, 0.29) is 6.04 Å². The Bertz CT molecular complexity index is 461. The summed E-state index contributed by atoms with van der Waals surface area (Å²) in [7, 11) is 2.12. The van der Waals surface area contributed by atoms with E-state index in [0.717, 1.165) is 50.5 Å². The van der Waals surface area contributed by atoms with Crippen LogP contribution in [-0.4, -0.2) is 49.6 Å². The van der Waals surface area contributed by atoms with E-state index in [9.17, 15) is 5.26 Å². The lowest BCUT2D eigenvalue weighted by Gasteiger charge is -2.35. The number of nitrogens with zero attached hydrogens (tertiary/aromatic N) is 3. The van der Waals surface area contributed by atoms with Gasteiger partial charge in [-0.1, -0.05) is 19.1 Å². The van der Waals surface area contributed by atoms with E-state index in [1.54, 1.807) is 0 Å². The fourth-order valence-electron chi connectivity index (χ4n) is 2.44. The van der Waals surface area contributed by atoms with Gasteiger partial charge in [0.1, 0.15) is 11.8 Å². The monoisotopic (exact) mass is 273 g/mol. The van der Waals surface area contributed by atoms with Crippen LogP contribution in [-0.2, 0) is 0 Å². The standard InChI is InChI=1S/C16H23N3O/c1-3-11-20-15-6-4-5-14(12-15)16(13-17)19-9-7-18(2)8-10-19/h4-6,12,16H,3,7-11H2,1-2H3. The van der Waals surface area contributed by atoms with E-state index in [1.807, 2.05) is 24.3 Å². The van der Waals surface area contributed by atoms with Crippen molar-refractivity contribution in [1.29, 1.82) is 5.26 Å². The van der Waals surface area contributed by atoms with E-state index in [4.69, 9.17) is 4.74 Å². The average Bonchev–Trinajstić information content (AvgIpc) is 2.48. The molecule has 0 amide bonds. The zero-order valence-corrected chi connectivity index (χ0v) is 12.4. The second-order valence-corrected chi connectivity index (χ2v) is 5.29. The molecule has 0 aliphatic carbocycles. The van der Waals surface area contributed by atoms with Crippen molar-refractivity contribution in [3.8, 4) is 11.8 Å². The third kappa shape index (κ3) is 3.72. The molecular weight excluding hydrogens is 250 g/mol. The third-order valence-corrected chi connectivity index (χ3v) is 3.67. The van der Waals surface area contributed by atoms with Crippen molar-refractivity contribution < 1.29 is 4.74 Å². The van der Waals surface area contributed by atoms with Crippen molar-refractivity contribution in [2.45, 2.75) is 19.4 Å². The second kappa shape index (κ2) is 7.28. The number of benzene rings is 1. The van der Waals surface area contributed by atoms with Crippen molar-refractivity contribution in [2.24, 2.45) is 0 Å². The van der Waals surface area contributed by atoms with Crippen LogP contribution in [0.4, 0.5) is 0 Å². The summed E-state index contributed by atoms with van der Waals surface area (Å²) in [5, 5.41) is 9.52. The number of hydrogen-bond donors (Lipinski definition) is 0. The number of nitriles is 1. The maximum atomic E-state index is 9.52. The Morgan fingerprint density at radius 2 is 2.05 bits per heavy atom. The first-order chi connectivity index (χ1) is 9.74. The summed E-state index contributed by atoms with van der Waals surface area (Å²) in [6, 6.07) is 10.2. The summed E-state index contributed by atoms with van der Waals surface area (Å²) < 4.78 is 5.66. The average molecular weight is 273 g/mol. The van der Waals surface area contributed by atoms with Gasteiger partial charge in [-0.3, -0.25) is 4.90 Å². The molecule has 0 saturated carbocycles. The van der Waals surface area contributed by atoms with Gasteiger partial charge in [0.25, 0.3) is 0 Å². The van der Waals surface area contributed by atoms with Gasteiger partial charge >= 0.3 is 0 Å². The summed E-state index contributed by atoms with van der Waals surface area (Å²) in [4.78, 5) is 4.55. The second-order valence-electron chi connectivity index (χ2n) is 5.29. The topological polar surface area (TPSA) is 39.5 Å². The van der Waals surface area contributed by atoms with Gasteiger partial charge in [-0.05, 0) is 31.2 Å². The smallest absolute Gasteiger partial charge is 0.124 e. The van der Waals surface area contributed by atoms with Crippen LogP contribution in [0.1, 0.15) is 24.9 Å². The van der Waals surface area contributed by atoms with Crippen molar-refractivity contribution in [3.63, 3.8) is 0 Å². The number of hydrogen-bond acceptors (Lipinski definition) is 4. The summed E-state index contributed by atoms with van der Waals surface area (Å²) >= 11 is 0. The summed E-state index contributed by atoms with van der Waals surface area (Å²) in [5.41, 5.74) is 1.03. The van der Waals surface area contributed by atoms with Crippen LogP contribution in [0.25, 0.3) is 0 Å². The lowest BCUT2D eigenvalue weighted by atomic mass is 10.1. The number of likely N-dealkylation sites (N-methyl/N-ethyl adjacent to an activating group) is 1. The fraction of sp³-hybridized carbons (Fsp3) is 0.562. The zero-order valence-electron chi connectivity index (χ0n) is 12.4. The quantitative estimate of drug-likeness (QED) is 0.825. The van der Waals surface area contributed by atoms with Gasteiger partial charge in [-0.15, -0.1) is 0 Å². The van der Waals surface area contributed by atoms with Gasteiger partial charge in [-0.25, -0.2) is 0 Å². The highest BCUT2D eigenvalue weighted by Gasteiger charge is 2.23. The summed E-state index contributed by atoms with van der Waals surface area (Å²) in [6.07, 6.45) is 0.990. The van der Waals surface area contributed by atoms with Crippen LogP contribution >= 0.6 is 0 Å². The van der Waals surface area contributed by atoms with Crippen LogP contribution < -0.4 is 4.74 Å². The molecular formula is C16H23N3O. The predicted molar refractivity (Wildman–Crippen MR) is 79.7 cm³/mol. The molecule has 0 aromatic heterocycles. The first kappa shape index (κ1) is 14.8. The normalized spacial score (nSPS) is 18.4. The minimum absolute atomic E-state index is 0.172. The van der Waals surface area contributed by atoms with Crippen LogP contribution in [0.5, 0.6) is 5.75 Å². The number of rotatable bonds is 5. The molecule has 0 spiro atoms. The maximum absolute atomic E-state index is 9.52. The lowest BCUT2D eigenvalue weighted by molar-refractivity contribution is 0.132. The Kier molecular flexibility index (Phi) is 5.40. The number of piperazine rings is 1. The van der Waals surface area contributed by atoms with Gasteiger partial charge < -0.3 is 9.64 Å². The van der Waals surface area contributed by atoms with Crippen molar-refractivity contribution in [2.75, 3.05) is 39.8 Å². The molecule has 4 nitrogen and oxygen atoms in total. The van der Waals surface area contributed by atoms with Crippen molar-refractivity contribution in [3.05, 3.63) is 29.8 Å². The molecule has 20 heavy (non-hydrogen) atoms. The summed E-state index contributed by atoms with van der Waals surface area (Å²) in [6.45, 7) is 6.72. The molecule has 1 aromatic carbocycles. The van der Waals surface area contributed by atoms with Crippen LogP contribution in [0.15, 0.2) is 24.3 Å². The van der Waals surface area contributed by atoms with E-state index in [2.05, 4.69) is 29.8 Å². The zero-order chi connectivity index (χ0) is 14.4. The molecule has 1 atom stereocenters. The molecule has 1 heterocycles. The van der Waals surface area contributed by atoms with Gasteiger partial charge in [0.15, 0.2) is 0 Å². The first-order valence-electron chi connectivity index (χ1n) is 7.29. The van der Waals surface area contributed by atoms with E-state index in [1.165, 1.54) is 0 Å². The molecule has 2 rings (SSSR count). The van der Waals surface area contributed by atoms with Crippen LogP contribution in [0.3, 0.4) is 0 Å². The third-order valence-electron chi connectivity index (χ3n) is 3.67. The highest BCUT2D eigenvalue weighted by atomic mass is 16.5. The van der Waals surface area contributed by atoms with Crippen LogP contribution in [0, 0.1) is 11.3 Å². The van der Waals surface area contributed by atoms with Crippen LogP contribution in [0.2, 0.25) is 0 Å². The highest BCUT2D eigenvalue weighted by molar-refractivity contribution is 5.33. The Hall–Kier alpha value is -1.57. The highest BCUT2D eigenvalue weighted by Crippen LogP contribution is 2.24. The maximum Gasteiger partial charge on any atom is 0.124 e. The Morgan fingerprint density at radius 3 is 2.70 bits per heavy atom. The van der Waals surface area contributed by atoms with Gasteiger partial charge in [0.05, 0.1) is 12.7 Å². The molecule has 0 radical (unpaired) electrons. The van der Waals surface area contributed by atoms with Crippen molar-refractivity contribution in [1.82, 2.24) is 9.80 Å². The predicted octanol–water partition coefficient (Wildman–Crippen LogP) is 2.29. The SMILES string of the molecule is CCCOc1cccc(C(C#N)N2CCN(C)CC2)c1. The molecule has 0 N–H and O–H groups in total. The molecule has 1 unspecified atom stereocenters. The minimum Gasteiger partial charge on any atom is -0.494 e. The first-order valence-corrected chi connectivity index (χ1v) is 7.29. The van der Waals surface area contributed by atoms with Gasteiger partial charge in [-0.2, -0.15) is 5.26 Å². The molecule has 0 bridgehead atoms. The Morgan fingerprint density at radius 1 is 1.30 bits per heavy atom. The molecule has 1 aliphatic heterocycles.